The lowest BCUT2D eigenvalue weighted by atomic mass is 9.94. The van der Waals surface area contributed by atoms with E-state index in [1.165, 1.54) is 58.3 Å². The Morgan fingerprint density at radius 3 is 2.39 bits per heavy atom. The van der Waals surface area contributed by atoms with Crippen LogP contribution in [0.1, 0.15) is 62.8 Å². The number of piperazine rings is 1. The molecule has 5 rings (SSSR count). The molecule has 208 valence electrons. The molecule has 1 saturated carbocycles. The number of benzene rings is 1. The normalized spacial score (nSPS) is 21.1. The maximum absolute atomic E-state index is 12.8. The number of carbonyl (C=O) groups is 1. The average Bonchev–Trinajstić information content (AvgIpc) is 3.32. The Hall–Kier alpha value is -1.93. The van der Waals surface area contributed by atoms with Crippen LogP contribution in [-0.4, -0.2) is 84.0 Å². The number of hydrogen-bond acceptors (Lipinski definition) is 6. The van der Waals surface area contributed by atoms with Crippen LogP contribution in [0.25, 0.3) is 11.5 Å². The zero-order valence-electron chi connectivity index (χ0n) is 23.0. The summed E-state index contributed by atoms with van der Waals surface area (Å²) in [6, 6.07) is 8.40. The van der Waals surface area contributed by atoms with Gasteiger partial charge in [-0.25, -0.2) is 4.98 Å². The molecule has 2 saturated heterocycles. The number of rotatable bonds is 9. The van der Waals surface area contributed by atoms with Crippen LogP contribution in [0.4, 0.5) is 0 Å². The summed E-state index contributed by atoms with van der Waals surface area (Å²) in [4.78, 5) is 25.2. The van der Waals surface area contributed by atoms with Gasteiger partial charge in [-0.15, -0.1) is 0 Å². The third-order valence-electron chi connectivity index (χ3n) is 8.76. The zero-order valence-corrected chi connectivity index (χ0v) is 23.7. The van der Waals surface area contributed by atoms with Crippen molar-refractivity contribution in [2.24, 2.45) is 5.92 Å². The average molecular weight is 542 g/mol. The molecular weight excluding hydrogens is 498 g/mol. The van der Waals surface area contributed by atoms with E-state index in [4.69, 9.17) is 21.0 Å². The van der Waals surface area contributed by atoms with Crippen molar-refractivity contribution in [2.45, 2.75) is 70.9 Å². The molecule has 8 heteroatoms. The standard InChI is InChI=1S/C30H44ClN5O2/c1-23-28(33-30(38-23)25-8-10-26(31)11-9-25)22-35-16-12-24(13-17-35)29(37)32-14-5-15-34-18-20-36(21-19-34)27-6-3-2-4-7-27/h8-11,24,27H,2-7,12-22H2,1H3,(H,32,37). The summed E-state index contributed by atoms with van der Waals surface area (Å²) < 4.78 is 5.92. The van der Waals surface area contributed by atoms with Gasteiger partial charge in [0.05, 0.1) is 5.69 Å². The Labute approximate surface area is 232 Å². The van der Waals surface area contributed by atoms with E-state index in [-0.39, 0.29) is 11.8 Å². The minimum Gasteiger partial charge on any atom is -0.441 e. The first kappa shape index (κ1) is 27.6. The molecule has 3 fully saturated rings. The lowest BCUT2D eigenvalue weighted by Gasteiger charge is -2.40. The molecule has 1 N–H and O–H groups in total. The number of likely N-dealkylation sites (tertiary alicyclic amines) is 1. The van der Waals surface area contributed by atoms with Gasteiger partial charge >= 0.3 is 0 Å². The summed E-state index contributed by atoms with van der Waals surface area (Å²) >= 11 is 6.00. The Morgan fingerprint density at radius 1 is 0.974 bits per heavy atom. The molecule has 38 heavy (non-hydrogen) atoms. The van der Waals surface area contributed by atoms with Crippen LogP contribution in [0.2, 0.25) is 5.02 Å². The number of piperidine rings is 1. The van der Waals surface area contributed by atoms with Gasteiger partial charge < -0.3 is 14.6 Å². The highest BCUT2D eigenvalue weighted by Gasteiger charge is 2.27. The number of nitrogens with zero attached hydrogens (tertiary/aromatic N) is 4. The highest BCUT2D eigenvalue weighted by molar-refractivity contribution is 6.30. The summed E-state index contributed by atoms with van der Waals surface area (Å²) in [5.41, 5.74) is 1.90. The predicted octanol–water partition coefficient (Wildman–Crippen LogP) is 4.97. The molecule has 0 radical (unpaired) electrons. The smallest absolute Gasteiger partial charge is 0.226 e. The minimum atomic E-state index is 0.119. The van der Waals surface area contributed by atoms with Gasteiger partial charge in [-0.2, -0.15) is 0 Å². The van der Waals surface area contributed by atoms with Crippen molar-refractivity contribution in [2.75, 3.05) is 52.4 Å². The van der Waals surface area contributed by atoms with Gasteiger partial charge in [0.2, 0.25) is 11.8 Å². The Balaban J connectivity index is 0.968. The van der Waals surface area contributed by atoms with Crippen LogP contribution < -0.4 is 5.32 Å². The second kappa shape index (κ2) is 13.4. The van der Waals surface area contributed by atoms with Gasteiger partial charge in [-0.1, -0.05) is 30.9 Å². The molecule has 1 aliphatic carbocycles. The highest BCUT2D eigenvalue weighted by atomic mass is 35.5. The van der Waals surface area contributed by atoms with Crippen LogP contribution in [0, 0.1) is 12.8 Å². The second-order valence-corrected chi connectivity index (χ2v) is 11.8. The Morgan fingerprint density at radius 2 is 1.68 bits per heavy atom. The summed E-state index contributed by atoms with van der Waals surface area (Å²) in [6.45, 7) is 11.2. The van der Waals surface area contributed by atoms with Crippen molar-refractivity contribution in [3.63, 3.8) is 0 Å². The predicted molar refractivity (Wildman–Crippen MR) is 152 cm³/mol. The van der Waals surface area contributed by atoms with Crippen molar-refractivity contribution < 1.29 is 9.21 Å². The van der Waals surface area contributed by atoms with Crippen LogP contribution in [-0.2, 0) is 11.3 Å². The number of aryl methyl sites for hydroxylation is 1. The quantitative estimate of drug-likeness (QED) is 0.452. The van der Waals surface area contributed by atoms with E-state index >= 15 is 0 Å². The Kier molecular flexibility index (Phi) is 9.76. The van der Waals surface area contributed by atoms with Crippen LogP contribution in [0.5, 0.6) is 0 Å². The topological polar surface area (TPSA) is 64.9 Å². The maximum Gasteiger partial charge on any atom is 0.226 e. The number of carbonyl (C=O) groups excluding carboxylic acids is 1. The second-order valence-electron chi connectivity index (χ2n) is 11.4. The van der Waals surface area contributed by atoms with Crippen LogP contribution in [0.3, 0.4) is 0 Å². The first-order chi connectivity index (χ1) is 18.5. The van der Waals surface area contributed by atoms with Gasteiger partial charge in [0.25, 0.3) is 0 Å². The molecule has 2 aromatic rings. The number of aromatic nitrogens is 1. The first-order valence-electron chi connectivity index (χ1n) is 14.7. The molecule has 3 aliphatic rings. The molecule has 2 aliphatic heterocycles. The van der Waals surface area contributed by atoms with E-state index in [9.17, 15) is 4.79 Å². The summed E-state index contributed by atoms with van der Waals surface area (Å²) in [7, 11) is 0. The first-order valence-corrected chi connectivity index (χ1v) is 15.1. The lowest BCUT2D eigenvalue weighted by Crippen LogP contribution is -2.51. The fraction of sp³-hybridized carbons (Fsp3) is 0.667. The fourth-order valence-electron chi connectivity index (χ4n) is 6.31. The van der Waals surface area contributed by atoms with Crippen molar-refractivity contribution in [3.8, 4) is 11.5 Å². The molecular formula is C30H44ClN5O2. The monoisotopic (exact) mass is 541 g/mol. The summed E-state index contributed by atoms with van der Waals surface area (Å²) in [5, 5.41) is 3.92. The van der Waals surface area contributed by atoms with E-state index in [0.29, 0.717) is 10.9 Å². The van der Waals surface area contributed by atoms with E-state index < -0.39 is 0 Å². The number of halogens is 1. The molecule has 1 amide bonds. The van der Waals surface area contributed by atoms with Gasteiger partial charge in [-0.3, -0.25) is 14.6 Å². The third-order valence-corrected chi connectivity index (χ3v) is 9.02. The van der Waals surface area contributed by atoms with E-state index in [0.717, 1.165) is 75.0 Å². The van der Waals surface area contributed by atoms with Crippen molar-refractivity contribution >= 4 is 17.5 Å². The van der Waals surface area contributed by atoms with Crippen molar-refractivity contribution in [1.29, 1.82) is 0 Å². The Bertz CT molecular complexity index is 1020. The molecule has 0 atom stereocenters. The molecule has 0 bridgehead atoms. The maximum atomic E-state index is 12.8. The highest BCUT2D eigenvalue weighted by Crippen LogP contribution is 2.26. The minimum absolute atomic E-state index is 0.119. The molecule has 1 aromatic carbocycles. The van der Waals surface area contributed by atoms with Crippen molar-refractivity contribution in [3.05, 3.63) is 40.7 Å². The largest absolute Gasteiger partial charge is 0.441 e. The van der Waals surface area contributed by atoms with E-state index in [1.54, 1.807) is 0 Å². The lowest BCUT2D eigenvalue weighted by molar-refractivity contribution is -0.126. The van der Waals surface area contributed by atoms with Gasteiger partial charge in [0.1, 0.15) is 5.76 Å². The van der Waals surface area contributed by atoms with Crippen LogP contribution >= 0.6 is 11.6 Å². The molecule has 3 heterocycles. The molecule has 0 unspecified atom stereocenters. The van der Waals surface area contributed by atoms with Crippen LogP contribution in [0.15, 0.2) is 28.7 Å². The molecule has 0 spiro atoms. The molecule has 7 nitrogen and oxygen atoms in total. The fourth-order valence-corrected chi connectivity index (χ4v) is 6.44. The number of amides is 1. The number of hydrogen-bond donors (Lipinski definition) is 1. The number of oxazole rings is 1. The van der Waals surface area contributed by atoms with Gasteiger partial charge in [0, 0.05) is 61.8 Å². The summed E-state index contributed by atoms with van der Waals surface area (Å²) in [5.74, 6) is 1.84. The summed E-state index contributed by atoms with van der Waals surface area (Å²) in [6.07, 6.45) is 9.89. The molecule has 1 aromatic heterocycles. The van der Waals surface area contributed by atoms with E-state index in [1.807, 2.05) is 31.2 Å². The SMILES string of the molecule is Cc1oc(-c2ccc(Cl)cc2)nc1CN1CCC(C(=O)NCCCN2CCN(C3CCCCC3)CC2)CC1. The van der Waals surface area contributed by atoms with E-state index in [2.05, 4.69) is 20.0 Å². The van der Waals surface area contributed by atoms with Crippen molar-refractivity contribution in [1.82, 2.24) is 25.0 Å². The van der Waals surface area contributed by atoms with Gasteiger partial charge in [0.15, 0.2) is 0 Å². The van der Waals surface area contributed by atoms with Gasteiger partial charge in [-0.05, 0) is 82.9 Å². The third kappa shape index (κ3) is 7.38. The zero-order chi connectivity index (χ0) is 26.3. The number of nitrogens with one attached hydrogen (secondary N) is 1.